The van der Waals surface area contributed by atoms with Gasteiger partial charge in [0.15, 0.2) is 0 Å². The van der Waals surface area contributed by atoms with E-state index in [-0.39, 0.29) is 24.1 Å². The number of hydrogen-bond acceptors (Lipinski definition) is 4. The Morgan fingerprint density at radius 2 is 1.82 bits per heavy atom. The molecule has 1 N–H and O–H groups in total. The number of benzene rings is 2. The zero-order valence-electron chi connectivity index (χ0n) is 15.5. The second-order valence-electron chi connectivity index (χ2n) is 6.62. The van der Waals surface area contributed by atoms with Crippen LogP contribution in [0.1, 0.15) is 24.0 Å². The van der Waals surface area contributed by atoms with Crippen molar-refractivity contribution in [1.82, 2.24) is 4.90 Å². The lowest BCUT2D eigenvalue weighted by molar-refractivity contribution is -0.143. The third kappa shape index (κ3) is 6.04. The molecular formula is C21H24ClFN2O3. The average molecular weight is 407 g/mol. The summed E-state index contributed by atoms with van der Waals surface area (Å²) in [7, 11) is 0. The van der Waals surface area contributed by atoms with E-state index in [1.165, 1.54) is 12.1 Å². The fraction of sp³-hybridized carbons (Fsp3) is 0.333. The predicted octanol–water partition coefficient (Wildman–Crippen LogP) is 3.81. The maximum absolute atomic E-state index is 13.2. The van der Waals surface area contributed by atoms with Gasteiger partial charge >= 0.3 is 5.97 Å². The van der Waals surface area contributed by atoms with E-state index in [4.69, 9.17) is 9.94 Å². The molecule has 0 aliphatic carbocycles. The molecule has 1 unspecified atom stereocenters. The largest absolute Gasteiger partial charge is 0.481 e. The minimum absolute atomic E-state index is 0. The SMILES string of the molecule is Cl.O=C(O)C1CCCN(CCO/N=C(/c2ccccc2)c2ccc(F)cc2)C1. The Morgan fingerprint density at radius 3 is 2.50 bits per heavy atom. The number of piperidine rings is 1. The molecule has 1 fully saturated rings. The van der Waals surface area contributed by atoms with Crippen LogP contribution in [-0.2, 0) is 9.63 Å². The van der Waals surface area contributed by atoms with Gasteiger partial charge in [0.25, 0.3) is 0 Å². The summed E-state index contributed by atoms with van der Waals surface area (Å²) in [4.78, 5) is 18.8. The summed E-state index contributed by atoms with van der Waals surface area (Å²) in [6.45, 7) is 2.41. The average Bonchev–Trinajstić information content (AvgIpc) is 2.70. The van der Waals surface area contributed by atoms with Crippen LogP contribution < -0.4 is 0 Å². The molecule has 1 aliphatic heterocycles. The maximum atomic E-state index is 13.2. The van der Waals surface area contributed by atoms with Crippen LogP contribution in [0.25, 0.3) is 0 Å². The minimum atomic E-state index is -0.735. The number of oxime groups is 1. The van der Waals surface area contributed by atoms with Gasteiger partial charge in [-0.2, -0.15) is 0 Å². The van der Waals surface area contributed by atoms with Crippen LogP contribution in [0.2, 0.25) is 0 Å². The van der Waals surface area contributed by atoms with Crippen LogP contribution >= 0.6 is 12.4 Å². The van der Waals surface area contributed by atoms with Crippen molar-refractivity contribution in [2.75, 3.05) is 26.2 Å². The fourth-order valence-electron chi connectivity index (χ4n) is 3.22. The molecule has 3 rings (SSSR count). The number of carbonyl (C=O) groups is 1. The molecule has 1 saturated heterocycles. The highest BCUT2D eigenvalue weighted by Gasteiger charge is 2.24. The molecule has 1 heterocycles. The monoisotopic (exact) mass is 406 g/mol. The van der Waals surface area contributed by atoms with Gasteiger partial charge in [-0.15, -0.1) is 12.4 Å². The first kappa shape index (κ1) is 21.9. The quantitative estimate of drug-likeness (QED) is 0.431. The third-order valence-electron chi connectivity index (χ3n) is 4.67. The molecule has 5 nitrogen and oxygen atoms in total. The Labute approximate surface area is 170 Å². The number of rotatable bonds is 7. The number of likely N-dealkylation sites (tertiary alicyclic amines) is 1. The van der Waals surface area contributed by atoms with E-state index in [2.05, 4.69) is 10.1 Å². The summed E-state index contributed by atoms with van der Waals surface area (Å²) in [5, 5.41) is 13.4. The van der Waals surface area contributed by atoms with Crippen molar-refractivity contribution in [2.24, 2.45) is 11.1 Å². The van der Waals surface area contributed by atoms with Crippen molar-refractivity contribution >= 4 is 24.1 Å². The van der Waals surface area contributed by atoms with Gasteiger partial charge in [0.1, 0.15) is 18.1 Å². The normalized spacial score (nSPS) is 17.6. The summed E-state index contributed by atoms with van der Waals surface area (Å²) in [6, 6.07) is 15.7. The van der Waals surface area contributed by atoms with Gasteiger partial charge in [-0.1, -0.05) is 35.5 Å². The van der Waals surface area contributed by atoms with Crippen molar-refractivity contribution in [3.63, 3.8) is 0 Å². The fourth-order valence-corrected chi connectivity index (χ4v) is 3.22. The topological polar surface area (TPSA) is 62.1 Å². The highest BCUT2D eigenvalue weighted by Crippen LogP contribution is 2.16. The number of aliphatic carboxylic acids is 1. The Kier molecular flexibility index (Phi) is 8.42. The lowest BCUT2D eigenvalue weighted by Gasteiger charge is -2.29. The van der Waals surface area contributed by atoms with Crippen molar-refractivity contribution in [3.05, 3.63) is 71.5 Å². The second kappa shape index (κ2) is 10.8. The van der Waals surface area contributed by atoms with Crippen LogP contribution in [0.4, 0.5) is 4.39 Å². The molecule has 0 bridgehead atoms. The highest BCUT2D eigenvalue weighted by atomic mass is 35.5. The van der Waals surface area contributed by atoms with Crippen molar-refractivity contribution in [3.8, 4) is 0 Å². The van der Waals surface area contributed by atoms with E-state index in [1.807, 2.05) is 30.3 Å². The van der Waals surface area contributed by atoms with Crippen molar-refractivity contribution in [1.29, 1.82) is 0 Å². The molecule has 0 spiro atoms. The molecule has 0 saturated carbocycles. The van der Waals surface area contributed by atoms with Gasteiger partial charge in [-0.3, -0.25) is 9.69 Å². The van der Waals surface area contributed by atoms with E-state index in [0.29, 0.717) is 25.4 Å². The van der Waals surface area contributed by atoms with Crippen LogP contribution in [0.15, 0.2) is 59.8 Å². The summed E-state index contributed by atoms with van der Waals surface area (Å²) in [5.74, 6) is -1.34. The van der Waals surface area contributed by atoms with E-state index < -0.39 is 5.97 Å². The molecule has 2 aromatic carbocycles. The number of halogens is 2. The zero-order chi connectivity index (χ0) is 19.1. The van der Waals surface area contributed by atoms with Crippen molar-refractivity contribution < 1.29 is 19.1 Å². The predicted molar refractivity (Wildman–Crippen MR) is 108 cm³/mol. The van der Waals surface area contributed by atoms with Gasteiger partial charge in [-0.05, 0) is 43.7 Å². The Bertz CT molecular complexity index is 784. The molecule has 0 aromatic heterocycles. The molecule has 2 aromatic rings. The van der Waals surface area contributed by atoms with Gasteiger partial charge < -0.3 is 9.94 Å². The van der Waals surface area contributed by atoms with Gasteiger partial charge in [0, 0.05) is 24.2 Å². The summed E-state index contributed by atoms with van der Waals surface area (Å²) in [6.07, 6.45) is 1.61. The minimum Gasteiger partial charge on any atom is -0.481 e. The first-order valence-electron chi connectivity index (χ1n) is 9.10. The Balaban J connectivity index is 0.00000280. The number of nitrogens with zero attached hydrogens (tertiary/aromatic N) is 2. The van der Waals surface area contributed by atoms with Crippen molar-refractivity contribution in [2.45, 2.75) is 12.8 Å². The van der Waals surface area contributed by atoms with E-state index in [1.54, 1.807) is 12.1 Å². The molecule has 28 heavy (non-hydrogen) atoms. The van der Waals surface area contributed by atoms with Crippen LogP contribution in [0, 0.1) is 11.7 Å². The lowest BCUT2D eigenvalue weighted by Crippen LogP contribution is -2.40. The molecule has 7 heteroatoms. The smallest absolute Gasteiger partial charge is 0.307 e. The lowest BCUT2D eigenvalue weighted by atomic mass is 9.98. The summed E-state index contributed by atoms with van der Waals surface area (Å²) >= 11 is 0. The maximum Gasteiger partial charge on any atom is 0.307 e. The van der Waals surface area contributed by atoms with E-state index in [0.717, 1.165) is 30.5 Å². The van der Waals surface area contributed by atoms with E-state index in [9.17, 15) is 9.18 Å². The Hall–Kier alpha value is -2.44. The van der Waals surface area contributed by atoms with Gasteiger partial charge in [0.05, 0.1) is 5.92 Å². The standard InChI is InChI=1S/C21H23FN2O3.ClH/c22-19-10-8-17(9-11-19)20(16-5-2-1-3-6-16)23-27-14-13-24-12-4-7-18(15-24)21(25)26;/h1-3,5-6,8-11,18H,4,7,12-15H2,(H,25,26);1H/b23-20-;. The number of carboxylic acid groups (broad SMARTS) is 1. The number of hydrogen-bond donors (Lipinski definition) is 1. The molecule has 0 radical (unpaired) electrons. The molecule has 0 amide bonds. The Morgan fingerprint density at radius 1 is 1.14 bits per heavy atom. The second-order valence-corrected chi connectivity index (χ2v) is 6.62. The number of carboxylic acids is 1. The van der Waals surface area contributed by atoms with Crippen LogP contribution in [0.5, 0.6) is 0 Å². The molecule has 150 valence electrons. The van der Waals surface area contributed by atoms with Crippen LogP contribution in [-0.4, -0.2) is 47.9 Å². The third-order valence-corrected chi connectivity index (χ3v) is 4.67. The highest BCUT2D eigenvalue weighted by molar-refractivity contribution is 6.12. The zero-order valence-corrected chi connectivity index (χ0v) is 16.3. The van der Waals surface area contributed by atoms with E-state index >= 15 is 0 Å². The molecule has 1 atom stereocenters. The summed E-state index contributed by atoms with van der Waals surface area (Å²) in [5.41, 5.74) is 2.29. The van der Waals surface area contributed by atoms with Gasteiger partial charge in [0.2, 0.25) is 0 Å². The molecular weight excluding hydrogens is 383 g/mol. The molecule has 1 aliphatic rings. The summed E-state index contributed by atoms with van der Waals surface area (Å²) < 4.78 is 13.2. The first-order chi connectivity index (χ1) is 13.1. The first-order valence-corrected chi connectivity index (χ1v) is 9.10. The van der Waals surface area contributed by atoms with Crippen LogP contribution in [0.3, 0.4) is 0 Å². The van der Waals surface area contributed by atoms with Gasteiger partial charge in [-0.25, -0.2) is 4.39 Å².